The van der Waals surface area contributed by atoms with Gasteiger partial charge in [-0.05, 0) is 35.9 Å². The maximum absolute atomic E-state index is 10.4. The minimum Gasteiger partial charge on any atom is -0.478 e. The zero-order valence-corrected chi connectivity index (χ0v) is 11.2. The molecule has 1 N–H and O–H groups in total. The highest BCUT2D eigenvalue weighted by Gasteiger charge is 2.01. The number of rotatable bonds is 3. The molecule has 17 heavy (non-hydrogen) atoms. The van der Waals surface area contributed by atoms with Gasteiger partial charge in [0.1, 0.15) is 0 Å². The van der Waals surface area contributed by atoms with Crippen molar-refractivity contribution < 1.29 is 9.90 Å². The van der Waals surface area contributed by atoms with Crippen LogP contribution in [0, 0.1) is 0 Å². The van der Waals surface area contributed by atoms with Gasteiger partial charge in [0, 0.05) is 20.3 Å². The molecule has 2 nitrogen and oxygen atoms in total. The van der Waals surface area contributed by atoms with Crippen LogP contribution in [0.2, 0.25) is 0 Å². The van der Waals surface area contributed by atoms with Crippen LogP contribution >= 0.6 is 27.3 Å². The predicted octanol–water partition coefficient (Wildman–Crippen LogP) is 4.28. The molecular formula is C13H9BrO2S. The molecule has 2 aromatic rings. The Kier molecular flexibility index (Phi) is 3.76. The van der Waals surface area contributed by atoms with E-state index in [1.165, 1.54) is 0 Å². The summed E-state index contributed by atoms with van der Waals surface area (Å²) in [5, 5.41) is 8.55. The van der Waals surface area contributed by atoms with Crippen LogP contribution in [0.25, 0.3) is 16.5 Å². The van der Waals surface area contributed by atoms with Gasteiger partial charge in [-0.3, -0.25) is 0 Å². The third-order valence-corrected chi connectivity index (χ3v) is 3.72. The average molecular weight is 309 g/mol. The number of carbonyl (C=O) groups is 1. The van der Waals surface area contributed by atoms with E-state index in [1.54, 1.807) is 17.4 Å². The molecule has 0 bridgehead atoms. The van der Waals surface area contributed by atoms with Crippen molar-refractivity contribution in [2.45, 2.75) is 0 Å². The van der Waals surface area contributed by atoms with E-state index >= 15 is 0 Å². The number of hydrogen-bond donors (Lipinski definition) is 1. The Balaban J connectivity index is 2.27. The molecule has 0 aliphatic carbocycles. The first-order chi connectivity index (χ1) is 8.15. The smallest absolute Gasteiger partial charge is 0.328 e. The Hall–Kier alpha value is -1.39. The summed E-state index contributed by atoms with van der Waals surface area (Å²) in [5.74, 6) is -0.928. The van der Waals surface area contributed by atoms with Crippen LogP contribution in [-0.2, 0) is 4.79 Å². The number of halogens is 1. The van der Waals surface area contributed by atoms with Crippen LogP contribution in [-0.4, -0.2) is 11.1 Å². The van der Waals surface area contributed by atoms with Gasteiger partial charge in [0.2, 0.25) is 0 Å². The van der Waals surface area contributed by atoms with Gasteiger partial charge in [0.15, 0.2) is 0 Å². The van der Waals surface area contributed by atoms with E-state index in [0.717, 1.165) is 25.9 Å². The molecule has 0 amide bonds. The van der Waals surface area contributed by atoms with Crippen molar-refractivity contribution in [1.29, 1.82) is 0 Å². The highest BCUT2D eigenvalue weighted by molar-refractivity contribution is 9.10. The van der Waals surface area contributed by atoms with Crippen molar-refractivity contribution in [3.05, 3.63) is 51.8 Å². The van der Waals surface area contributed by atoms with Gasteiger partial charge in [-0.25, -0.2) is 4.79 Å². The van der Waals surface area contributed by atoms with Gasteiger partial charge < -0.3 is 5.11 Å². The van der Waals surface area contributed by atoms with E-state index in [2.05, 4.69) is 15.9 Å². The zero-order valence-electron chi connectivity index (χ0n) is 8.76. The molecule has 0 saturated heterocycles. The largest absolute Gasteiger partial charge is 0.478 e. The molecule has 0 fully saturated rings. The molecule has 4 heteroatoms. The first-order valence-corrected chi connectivity index (χ1v) is 6.53. The van der Waals surface area contributed by atoms with E-state index in [-0.39, 0.29) is 0 Å². The van der Waals surface area contributed by atoms with E-state index in [1.807, 2.05) is 36.4 Å². The molecule has 1 heterocycles. The van der Waals surface area contributed by atoms with Gasteiger partial charge in [0.25, 0.3) is 0 Å². The second-order valence-corrected chi connectivity index (χ2v) is 5.41. The van der Waals surface area contributed by atoms with Gasteiger partial charge in [-0.2, -0.15) is 0 Å². The number of hydrogen-bond acceptors (Lipinski definition) is 2. The predicted molar refractivity (Wildman–Crippen MR) is 74.1 cm³/mol. The van der Waals surface area contributed by atoms with E-state index < -0.39 is 5.97 Å². The Morgan fingerprint density at radius 2 is 2.12 bits per heavy atom. The van der Waals surface area contributed by atoms with Crippen LogP contribution in [0.5, 0.6) is 0 Å². The summed E-state index contributed by atoms with van der Waals surface area (Å²) in [6.07, 6.45) is 2.75. The molecule has 1 aromatic heterocycles. The second kappa shape index (κ2) is 5.29. The van der Waals surface area contributed by atoms with Crippen molar-refractivity contribution in [2.24, 2.45) is 0 Å². The fourth-order valence-corrected chi connectivity index (χ4v) is 2.70. The molecule has 0 aliphatic heterocycles. The van der Waals surface area contributed by atoms with Crippen LogP contribution in [0.1, 0.15) is 4.88 Å². The number of carboxylic acids is 1. The molecule has 0 radical (unpaired) electrons. The average Bonchev–Trinajstić information content (AvgIpc) is 2.75. The summed E-state index contributed by atoms with van der Waals surface area (Å²) in [7, 11) is 0. The molecule has 0 unspecified atom stereocenters. The van der Waals surface area contributed by atoms with Crippen molar-refractivity contribution in [3.63, 3.8) is 0 Å². The maximum atomic E-state index is 10.4. The molecular weight excluding hydrogens is 300 g/mol. The fraction of sp³-hybridized carbons (Fsp3) is 0. The molecule has 2 rings (SSSR count). The first-order valence-electron chi connectivity index (χ1n) is 4.92. The summed E-state index contributed by atoms with van der Waals surface area (Å²) in [4.78, 5) is 12.5. The minimum absolute atomic E-state index is 0.928. The highest BCUT2D eigenvalue weighted by Crippen LogP contribution is 2.30. The molecule has 0 saturated carbocycles. The standard InChI is InChI=1S/C13H9BrO2S/c14-10-3-1-2-9(8-10)12-6-4-11(17-12)5-7-13(15)16/h1-8H,(H,15,16). The van der Waals surface area contributed by atoms with Crippen molar-refractivity contribution >= 4 is 39.3 Å². The second-order valence-electron chi connectivity index (χ2n) is 3.38. The third-order valence-electron chi connectivity index (χ3n) is 2.13. The van der Waals surface area contributed by atoms with Crippen molar-refractivity contribution in [2.75, 3.05) is 0 Å². The van der Waals surface area contributed by atoms with E-state index in [4.69, 9.17) is 5.11 Å². The molecule has 0 atom stereocenters. The molecule has 1 aromatic carbocycles. The van der Waals surface area contributed by atoms with Gasteiger partial charge in [-0.1, -0.05) is 28.1 Å². The van der Waals surface area contributed by atoms with Crippen LogP contribution < -0.4 is 0 Å². The summed E-state index contributed by atoms with van der Waals surface area (Å²) in [6, 6.07) is 11.9. The van der Waals surface area contributed by atoms with Gasteiger partial charge in [-0.15, -0.1) is 11.3 Å². The number of thiophene rings is 1. The summed E-state index contributed by atoms with van der Waals surface area (Å²) >= 11 is 4.99. The third kappa shape index (κ3) is 3.28. The first kappa shape index (κ1) is 12.1. The highest BCUT2D eigenvalue weighted by atomic mass is 79.9. The number of benzene rings is 1. The van der Waals surface area contributed by atoms with Crippen LogP contribution in [0.4, 0.5) is 0 Å². The van der Waals surface area contributed by atoms with Crippen LogP contribution in [0.15, 0.2) is 46.9 Å². The lowest BCUT2D eigenvalue weighted by molar-refractivity contribution is -0.131. The lowest BCUT2D eigenvalue weighted by Crippen LogP contribution is -1.84. The maximum Gasteiger partial charge on any atom is 0.328 e. The Bertz CT molecular complexity index is 572. The molecule has 0 spiro atoms. The quantitative estimate of drug-likeness (QED) is 0.860. The summed E-state index contributed by atoms with van der Waals surface area (Å²) in [6.45, 7) is 0. The Morgan fingerprint density at radius 3 is 2.82 bits per heavy atom. The zero-order chi connectivity index (χ0) is 12.3. The SMILES string of the molecule is O=C(O)C=Cc1ccc(-c2cccc(Br)c2)s1. The topological polar surface area (TPSA) is 37.3 Å². The molecule has 86 valence electrons. The lowest BCUT2D eigenvalue weighted by Gasteiger charge is -1.97. The molecule has 0 aliphatic rings. The van der Waals surface area contributed by atoms with Crippen LogP contribution in [0.3, 0.4) is 0 Å². The minimum atomic E-state index is -0.928. The van der Waals surface area contributed by atoms with E-state index in [0.29, 0.717) is 0 Å². The normalized spacial score (nSPS) is 10.9. The summed E-state index contributed by atoms with van der Waals surface area (Å²) in [5.41, 5.74) is 1.12. The van der Waals surface area contributed by atoms with Gasteiger partial charge in [0.05, 0.1) is 0 Å². The van der Waals surface area contributed by atoms with Gasteiger partial charge >= 0.3 is 5.97 Å². The van der Waals surface area contributed by atoms with Crippen molar-refractivity contribution in [3.8, 4) is 10.4 Å². The fourth-order valence-electron chi connectivity index (χ4n) is 1.39. The number of carboxylic acid groups (broad SMARTS) is 1. The number of aliphatic carboxylic acids is 1. The Morgan fingerprint density at radius 1 is 1.29 bits per heavy atom. The monoisotopic (exact) mass is 308 g/mol. The lowest BCUT2D eigenvalue weighted by atomic mass is 10.2. The summed E-state index contributed by atoms with van der Waals surface area (Å²) < 4.78 is 1.03. The van der Waals surface area contributed by atoms with Crippen molar-refractivity contribution in [1.82, 2.24) is 0 Å². The Labute approximate surface area is 111 Å². The van der Waals surface area contributed by atoms with E-state index in [9.17, 15) is 4.79 Å².